The molecule has 0 bridgehead atoms. The summed E-state index contributed by atoms with van der Waals surface area (Å²) in [6, 6.07) is 19.9. The SMILES string of the molecule is C[C@@H](NC(=O)c1ccc(CN(Cc2ccccc2F)C(C)(C)C)o1)c1ccccc1. The predicted octanol–water partition coefficient (Wildman–Crippen LogP) is 5.71. The fraction of sp³-hybridized carbons (Fsp3) is 0.320. The molecule has 158 valence electrons. The highest BCUT2D eigenvalue weighted by molar-refractivity contribution is 5.91. The Kier molecular flexibility index (Phi) is 6.73. The summed E-state index contributed by atoms with van der Waals surface area (Å²) in [6.07, 6.45) is 0. The average molecular weight is 409 g/mol. The normalized spacial score (nSPS) is 12.7. The Hall–Kier alpha value is -2.92. The van der Waals surface area contributed by atoms with Crippen LogP contribution in [0.3, 0.4) is 0 Å². The maximum Gasteiger partial charge on any atom is 0.287 e. The van der Waals surface area contributed by atoms with E-state index in [2.05, 4.69) is 31.0 Å². The van der Waals surface area contributed by atoms with Crippen molar-refractivity contribution in [1.29, 1.82) is 0 Å². The molecule has 0 saturated heterocycles. The summed E-state index contributed by atoms with van der Waals surface area (Å²) >= 11 is 0. The van der Waals surface area contributed by atoms with Gasteiger partial charge in [-0.2, -0.15) is 0 Å². The Morgan fingerprint density at radius 2 is 1.67 bits per heavy atom. The maximum atomic E-state index is 14.1. The summed E-state index contributed by atoms with van der Waals surface area (Å²) in [6.45, 7) is 9.08. The summed E-state index contributed by atoms with van der Waals surface area (Å²) in [7, 11) is 0. The van der Waals surface area contributed by atoms with Crippen LogP contribution in [0.15, 0.2) is 71.1 Å². The molecule has 0 unspecified atom stereocenters. The minimum atomic E-state index is -0.256. The number of rotatable bonds is 7. The van der Waals surface area contributed by atoms with Gasteiger partial charge in [0.05, 0.1) is 12.6 Å². The molecular formula is C25H29FN2O2. The summed E-state index contributed by atoms with van der Waals surface area (Å²) in [4.78, 5) is 14.7. The van der Waals surface area contributed by atoms with Gasteiger partial charge in [0.1, 0.15) is 11.6 Å². The van der Waals surface area contributed by atoms with E-state index >= 15 is 0 Å². The molecule has 1 atom stereocenters. The quantitative estimate of drug-likeness (QED) is 0.545. The lowest BCUT2D eigenvalue weighted by Crippen LogP contribution is -2.40. The van der Waals surface area contributed by atoms with Crippen molar-refractivity contribution in [3.8, 4) is 0 Å². The smallest absolute Gasteiger partial charge is 0.287 e. The monoisotopic (exact) mass is 408 g/mol. The van der Waals surface area contributed by atoms with Crippen molar-refractivity contribution < 1.29 is 13.6 Å². The van der Waals surface area contributed by atoms with Crippen LogP contribution in [0, 0.1) is 5.82 Å². The summed E-state index contributed by atoms with van der Waals surface area (Å²) in [5.74, 6) is 0.460. The third-order valence-electron chi connectivity index (χ3n) is 5.15. The number of hydrogen-bond acceptors (Lipinski definition) is 3. The molecule has 0 aliphatic heterocycles. The van der Waals surface area contributed by atoms with E-state index in [1.165, 1.54) is 6.07 Å². The van der Waals surface area contributed by atoms with Gasteiger partial charge < -0.3 is 9.73 Å². The fourth-order valence-corrected chi connectivity index (χ4v) is 3.23. The van der Waals surface area contributed by atoms with Gasteiger partial charge in [0.2, 0.25) is 0 Å². The minimum absolute atomic E-state index is 0.126. The lowest BCUT2D eigenvalue weighted by molar-refractivity contribution is 0.0892. The first-order valence-electron chi connectivity index (χ1n) is 10.2. The first kappa shape index (κ1) is 21.8. The molecule has 3 aromatic rings. The van der Waals surface area contributed by atoms with Gasteiger partial charge >= 0.3 is 0 Å². The Morgan fingerprint density at radius 3 is 2.33 bits per heavy atom. The number of carbonyl (C=O) groups excluding carboxylic acids is 1. The largest absolute Gasteiger partial charge is 0.455 e. The van der Waals surface area contributed by atoms with Crippen LogP contribution in [0.4, 0.5) is 4.39 Å². The van der Waals surface area contributed by atoms with Gasteiger partial charge in [0.25, 0.3) is 5.91 Å². The molecule has 30 heavy (non-hydrogen) atoms. The molecule has 0 saturated carbocycles. The Balaban J connectivity index is 1.69. The maximum absolute atomic E-state index is 14.1. The number of nitrogens with one attached hydrogen (secondary N) is 1. The molecule has 0 aliphatic carbocycles. The molecule has 1 heterocycles. The molecule has 1 amide bonds. The summed E-state index contributed by atoms with van der Waals surface area (Å²) in [5.41, 5.74) is 1.45. The van der Waals surface area contributed by atoms with Gasteiger partial charge in [0.15, 0.2) is 5.76 Å². The van der Waals surface area contributed by atoms with Crippen LogP contribution in [0.2, 0.25) is 0 Å². The van der Waals surface area contributed by atoms with E-state index in [-0.39, 0.29) is 29.1 Å². The lowest BCUT2D eigenvalue weighted by atomic mass is 10.0. The van der Waals surface area contributed by atoms with Crippen molar-refractivity contribution in [2.24, 2.45) is 0 Å². The van der Waals surface area contributed by atoms with Crippen LogP contribution in [0.5, 0.6) is 0 Å². The standard InChI is InChI=1S/C25H29FN2O2/c1-18(19-10-6-5-7-11-19)27-24(29)23-15-14-21(30-23)17-28(25(2,3)4)16-20-12-8-9-13-22(20)26/h5-15,18H,16-17H2,1-4H3,(H,27,29)/t18-/m1/s1. The second kappa shape index (κ2) is 9.26. The van der Waals surface area contributed by atoms with Crippen molar-refractivity contribution in [2.45, 2.75) is 52.4 Å². The van der Waals surface area contributed by atoms with Crippen LogP contribution in [-0.2, 0) is 13.1 Å². The second-order valence-electron chi connectivity index (χ2n) is 8.49. The second-order valence-corrected chi connectivity index (χ2v) is 8.49. The number of furan rings is 1. The van der Waals surface area contributed by atoms with Crippen LogP contribution < -0.4 is 5.32 Å². The number of benzene rings is 2. The van der Waals surface area contributed by atoms with E-state index in [0.717, 1.165) is 5.56 Å². The highest BCUT2D eigenvalue weighted by Crippen LogP contribution is 2.23. The van der Waals surface area contributed by atoms with E-state index in [1.54, 1.807) is 18.2 Å². The molecule has 4 nitrogen and oxygen atoms in total. The molecule has 0 spiro atoms. The van der Waals surface area contributed by atoms with Crippen molar-refractivity contribution >= 4 is 5.91 Å². The molecular weight excluding hydrogens is 379 g/mol. The third-order valence-corrected chi connectivity index (χ3v) is 5.15. The van der Waals surface area contributed by atoms with E-state index in [1.807, 2.05) is 49.4 Å². The van der Waals surface area contributed by atoms with Crippen molar-refractivity contribution in [3.63, 3.8) is 0 Å². The fourth-order valence-electron chi connectivity index (χ4n) is 3.23. The molecule has 5 heteroatoms. The molecule has 1 N–H and O–H groups in total. The molecule has 1 aromatic heterocycles. The number of amides is 1. The van der Waals surface area contributed by atoms with E-state index in [9.17, 15) is 9.18 Å². The van der Waals surface area contributed by atoms with Gasteiger partial charge in [-0.1, -0.05) is 48.5 Å². The van der Waals surface area contributed by atoms with Crippen LogP contribution in [-0.4, -0.2) is 16.3 Å². The Bertz CT molecular complexity index is 976. The van der Waals surface area contributed by atoms with E-state index in [4.69, 9.17) is 4.42 Å². The van der Waals surface area contributed by atoms with Gasteiger partial charge in [-0.15, -0.1) is 0 Å². The van der Waals surface area contributed by atoms with Crippen molar-refractivity contribution in [1.82, 2.24) is 10.2 Å². The highest BCUT2D eigenvalue weighted by atomic mass is 19.1. The number of halogens is 1. The Morgan fingerprint density at radius 1 is 1.00 bits per heavy atom. The number of carbonyl (C=O) groups is 1. The number of nitrogens with zero attached hydrogens (tertiary/aromatic N) is 1. The number of hydrogen-bond donors (Lipinski definition) is 1. The van der Waals surface area contributed by atoms with Crippen LogP contribution >= 0.6 is 0 Å². The summed E-state index contributed by atoms with van der Waals surface area (Å²) < 4.78 is 20.0. The lowest BCUT2D eigenvalue weighted by Gasteiger charge is -2.35. The average Bonchev–Trinajstić information content (AvgIpc) is 3.18. The zero-order valence-electron chi connectivity index (χ0n) is 18.0. The minimum Gasteiger partial charge on any atom is -0.455 e. The van der Waals surface area contributed by atoms with Gasteiger partial charge in [-0.05, 0) is 51.5 Å². The first-order valence-corrected chi connectivity index (χ1v) is 10.2. The van der Waals surface area contributed by atoms with Crippen LogP contribution in [0.25, 0.3) is 0 Å². The summed E-state index contributed by atoms with van der Waals surface area (Å²) in [5, 5.41) is 2.96. The van der Waals surface area contributed by atoms with E-state index in [0.29, 0.717) is 24.4 Å². The zero-order chi connectivity index (χ0) is 21.7. The van der Waals surface area contributed by atoms with Gasteiger partial charge in [-0.3, -0.25) is 9.69 Å². The predicted molar refractivity (Wildman–Crippen MR) is 116 cm³/mol. The Labute approximate surface area is 177 Å². The molecule has 0 fully saturated rings. The zero-order valence-corrected chi connectivity index (χ0v) is 18.0. The van der Waals surface area contributed by atoms with Gasteiger partial charge in [0, 0.05) is 17.6 Å². The topological polar surface area (TPSA) is 45.5 Å². The molecule has 3 rings (SSSR count). The van der Waals surface area contributed by atoms with Crippen molar-refractivity contribution in [2.75, 3.05) is 0 Å². The third kappa shape index (κ3) is 5.57. The van der Waals surface area contributed by atoms with Gasteiger partial charge in [-0.25, -0.2) is 4.39 Å². The van der Waals surface area contributed by atoms with Crippen molar-refractivity contribution in [3.05, 3.63) is 95.2 Å². The molecule has 0 radical (unpaired) electrons. The first-order chi connectivity index (χ1) is 14.2. The molecule has 0 aliphatic rings. The molecule has 2 aromatic carbocycles. The van der Waals surface area contributed by atoms with Crippen LogP contribution in [0.1, 0.15) is 61.2 Å². The van der Waals surface area contributed by atoms with E-state index < -0.39 is 0 Å². The highest BCUT2D eigenvalue weighted by Gasteiger charge is 2.24.